The van der Waals surface area contributed by atoms with Crippen molar-refractivity contribution in [2.75, 3.05) is 19.8 Å². The summed E-state index contributed by atoms with van der Waals surface area (Å²) in [5, 5.41) is 0. The molecule has 0 bridgehead atoms. The third-order valence-corrected chi connectivity index (χ3v) is 2.91. The lowest BCUT2D eigenvalue weighted by Crippen LogP contribution is -2.05. The Balaban J connectivity index is 2.05. The first-order chi connectivity index (χ1) is 8.33. The quantitative estimate of drug-likeness (QED) is 0.789. The molecule has 0 unspecified atom stereocenters. The van der Waals surface area contributed by atoms with E-state index < -0.39 is 0 Å². The van der Waals surface area contributed by atoms with Crippen LogP contribution in [0, 0.1) is 5.92 Å². The van der Waals surface area contributed by atoms with Gasteiger partial charge in [0.1, 0.15) is 0 Å². The van der Waals surface area contributed by atoms with Gasteiger partial charge in [-0.15, -0.1) is 0 Å². The third-order valence-electron chi connectivity index (χ3n) is 2.91. The van der Waals surface area contributed by atoms with Crippen LogP contribution in [0.4, 0.5) is 0 Å². The van der Waals surface area contributed by atoms with E-state index in [1.54, 1.807) is 0 Å². The van der Waals surface area contributed by atoms with Crippen LogP contribution in [0.2, 0.25) is 0 Å². The van der Waals surface area contributed by atoms with Gasteiger partial charge in [-0.05, 0) is 56.3 Å². The molecule has 0 amide bonds. The van der Waals surface area contributed by atoms with Gasteiger partial charge in [-0.2, -0.15) is 0 Å². The first kappa shape index (κ1) is 12.2. The van der Waals surface area contributed by atoms with Crippen LogP contribution < -0.4 is 15.2 Å². The van der Waals surface area contributed by atoms with Crippen LogP contribution in [0.25, 0.3) is 0 Å². The molecule has 0 radical (unpaired) electrons. The first-order valence-corrected chi connectivity index (χ1v) is 6.42. The largest absolute Gasteiger partial charge is 0.490 e. The molecule has 17 heavy (non-hydrogen) atoms. The van der Waals surface area contributed by atoms with Crippen LogP contribution in [-0.2, 0) is 6.42 Å². The summed E-state index contributed by atoms with van der Waals surface area (Å²) >= 11 is 0. The molecule has 0 aliphatic heterocycles. The SMILES string of the molecule is CCOc1cc(CCN)ccc1OCC1CC1. The molecule has 0 saturated heterocycles. The average molecular weight is 235 g/mol. The van der Waals surface area contributed by atoms with Crippen molar-refractivity contribution < 1.29 is 9.47 Å². The molecule has 94 valence electrons. The number of nitrogens with two attached hydrogens (primary N) is 1. The van der Waals surface area contributed by atoms with E-state index >= 15 is 0 Å². The highest BCUT2D eigenvalue weighted by molar-refractivity contribution is 5.43. The van der Waals surface area contributed by atoms with E-state index in [0.29, 0.717) is 13.2 Å². The fraction of sp³-hybridized carbons (Fsp3) is 0.571. The Morgan fingerprint density at radius 2 is 2.06 bits per heavy atom. The third kappa shape index (κ3) is 3.63. The molecular weight excluding hydrogens is 214 g/mol. The molecule has 2 rings (SSSR count). The minimum atomic E-state index is 0.659. The second-order valence-corrected chi connectivity index (χ2v) is 4.51. The first-order valence-electron chi connectivity index (χ1n) is 6.42. The smallest absolute Gasteiger partial charge is 0.161 e. The number of rotatable bonds is 7. The second kappa shape index (κ2) is 5.92. The molecule has 1 aliphatic carbocycles. The molecule has 0 heterocycles. The second-order valence-electron chi connectivity index (χ2n) is 4.51. The van der Waals surface area contributed by atoms with Gasteiger partial charge >= 0.3 is 0 Å². The van der Waals surface area contributed by atoms with E-state index in [-0.39, 0.29) is 0 Å². The predicted octanol–water partition coefficient (Wildman–Crippen LogP) is 2.38. The maximum absolute atomic E-state index is 5.79. The van der Waals surface area contributed by atoms with E-state index in [4.69, 9.17) is 15.2 Å². The standard InChI is InChI=1S/C14H21NO2/c1-2-16-14-9-11(7-8-15)5-6-13(14)17-10-12-3-4-12/h5-6,9,12H,2-4,7-8,10,15H2,1H3. The van der Waals surface area contributed by atoms with Gasteiger partial charge < -0.3 is 15.2 Å². The molecule has 1 saturated carbocycles. The summed E-state index contributed by atoms with van der Waals surface area (Å²) in [7, 11) is 0. The van der Waals surface area contributed by atoms with Crippen molar-refractivity contribution in [3.63, 3.8) is 0 Å². The van der Waals surface area contributed by atoms with Crippen molar-refractivity contribution in [2.45, 2.75) is 26.2 Å². The molecule has 3 nitrogen and oxygen atoms in total. The summed E-state index contributed by atoms with van der Waals surface area (Å²) in [6.07, 6.45) is 3.48. The molecule has 1 aromatic carbocycles. The van der Waals surface area contributed by atoms with Gasteiger partial charge in [-0.3, -0.25) is 0 Å². The van der Waals surface area contributed by atoms with Gasteiger partial charge in [0.15, 0.2) is 11.5 Å². The number of ether oxygens (including phenoxy) is 2. The predicted molar refractivity (Wildman–Crippen MR) is 68.6 cm³/mol. The molecule has 1 aliphatic rings. The van der Waals surface area contributed by atoms with Gasteiger partial charge in [0.2, 0.25) is 0 Å². The normalized spacial score (nSPS) is 14.7. The number of hydrogen-bond acceptors (Lipinski definition) is 3. The zero-order valence-electron chi connectivity index (χ0n) is 10.4. The Kier molecular flexibility index (Phi) is 4.26. The monoisotopic (exact) mass is 235 g/mol. The summed E-state index contributed by atoms with van der Waals surface area (Å²) in [4.78, 5) is 0. The Bertz CT molecular complexity index is 361. The summed E-state index contributed by atoms with van der Waals surface area (Å²) in [5.74, 6) is 2.46. The molecule has 2 N–H and O–H groups in total. The van der Waals surface area contributed by atoms with Crippen molar-refractivity contribution in [3.05, 3.63) is 23.8 Å². The van der Waals surface area contributed by atoms with E-state index in [1.165, 1.54) is 18.4 Å². The van der Waals surface area contributed by atoms with Crippen molar-refractivity contribution in [1.29, 1.82) is 0 Å². The van der Waals surface area contributed by atoms with Crippen molar-refractivity contribution in [2.24, 2.45) is 11.7 Å². The zero-order valence-corrected chi connectivity index (χ0v) is 10.4. The molecule has 0 atom stereocenters. The number of hydrogen-bond donors (Lipinski definition) is 1. The van der Waals surface area contributed by atoms with Crippen LogP contribution in [0.1, 0.15) is 25.3 Å². The van der Waals surface area contributed by atoms with Crippen molar-refractivity contribution in [1.82, 2.24) is 0 Å². The lowest BCUT2D eigenvalue weighted by molar-refractivity contribution is 0.266. The van der Waals surface area contributed by atoms with Gasteiger partial charge in [0.25, 0.3) is 0 Å². The van der Waals surface area contributed by atoms with Crippen LogP contribution in [0.3, 0.4) is 0 Å². The minimum absolute atomic E-state index is 0.659. The highest BCUT2D eigenvalue weighted by atomic mass is 16.5. The molecule has 0 spiro atoms. The lowest BCUT2D eigenvalue weighted by atomic mass is 10.1. The van der Waals surface area contributed by atoms with E-state index in [1.807, 2.05) is 19.1 Å². The molecule has 1 aromatic rings. The van der Waals surface area contributed by atoms with E-state index in [2.05, 4.69) is 6.07 Å². The van der Waals surface area contributed by atoms with Crippen LogP contribution in [0.15, 0.2) is 18.2 Å². The highest BCUT2D eigenvalue weighted by Gasteiger charge is 2.22. The summed E-state index contributed by atoms with van der Waals surface area (Å²) in [6, 6.07) is 6.11. The summed E-state index contributed by atoms with van der Waals surface area (Å²) in [6.45, 7) is 4.12. The Labute approximate surface area is 103 Å². The van der Waals surface area contributed by atoms with E-state index in [9.17, 15) is 0 Å². The minimum Gasteiger partial charge on any atom is -0.490 e. The number of benzene rings is 1. The molecular formula is C14H21NO2. The Morgan fingerprint density at radius 1 is 1.24 bits per heavy atom. The van der Waals surface area contributed by atoms with E-state index in [0.717, 1.165) is 30.4 Å². The maximum atomic E-state index is 5.79. The zero-order chi connectivity index (χ0) is 12.1. The van der Waals surface area contributed by atoms with Crippen LogP contribution >= 0.6 is 0 Å². The molecule has 0 aromatic heterocycles. The summed E-state index contributed by atoms with van der Waals surface area (Å²) < 4.78 is 11.4. The molecule has 3 heteroatoms. The summed E-state index contributed by atoms with van der Waals surface area (Å²) in [5.41, 5.74) is 6.76. The highest BCUT2D eigenvalue weighted by Crippen LogP contribution is 2.33. The van der Waals surface area contributed by atoms with Gasteiger partial charge in [-0.1, -0.05) is 6.07 Å². The van der Waals surface area contributed by atoms with Gasteiger partial charge in [0, 0.05) is 0 Å². The Hall–Kier alpha value is -1.22. The van der Waals surface area contributed by atoms with Crippen LogP contribution in [-0.4, -0.2) is 19.8 Å². The van der Waals surface area contributed by atoms with Crippen molar-refractivity contribution in [3.8, 4) is 11.5 Å². The van der Waals surface area contributed by atoms with Gasteiger partial charge in [-0.25, -0.2) is 0 Å². The Morgan fingerprint density at radius 3 is 2.71 bits per heavy atom. The fourth-order valence-electron chi connectivity index (χ4n) is 1.75. The maximum Gasteiger partial charge on any atom is 0.161 e. The fourth-order valence-corrected chi connectivity index (χ4v) is 1.75. The average Bonchev–Trinajstić information content (AvgIpc) is 3.13. The van der Waals surface area contributed by atoms with Gasteiger partial charge in [0.05, 0.1) is 13.2 Å². The lowest BCUT2D eigenvalue weighted by Gasteiger charge is -2.13. The topological polar surface area (TPSA) is 44.5 Å². The molecule has 1 fully saturated rings. The van der Waals surface area contributed by atoms with Crippen molar-refractivity contribution >= 4 is 0 Å². The van der Waals surface area contributed by atoms with Crippen LogP contribution in [0.5, 0.6) is 11.5 Å².